The molecule has 0 aromatic rings. The first-order valence-corrected chi connectivity index (χ1v) is 5.36. The van der Waals surface area contributed by atoms with Gasteiger partial charge in [0.25, 0.3) is 0 Å². The summed E-state index contributed by atoms with van der Waals surface area (Å²) in [6.45, 7) is 1.87. The van der Waals surface area contributed by atoms with Gasteiger partial charge in [-0.25, -0.2) is 0 Å². The number of ether oxygens (including phenoxy) is 1. The number of aliphatic hydroxyl groups is 1. The van der Waals surface area contributed by atoms with E-state index in [4.69, 9.17) is 9.84 Å². The lowest BCUT2D eigenvalue weighted by molar-refractivity contribution is -0.0133. The third kappa shape index (κ3) is 1.07. The van der Waals surface area contributed by atoms with Crippen LogP contribution < -0.4 is 5.32 Å². The van der Waals surface area contributed by atoms with E-state index in [1.165, 1.54) is 19.4 Å². The molecule has 3 nitrogen and oxygen atoms in total. The van der Waals surface area contributed by atoms with E-state index in [1.807, 2.05) is 0 Å². The Morgan fingerprint density at radius 3 is 3.08 bits per heavy atom. The number of aliphatic hydroxyl groups excluding tert-OH is 1. The van der Waals surface area contributed by atoms with Crippen LogP contribution in [0.4, 0.5) is 0 Å². The van der Waals surface area contributed by atoms with Gasteiger partial charge in [-0.05, 0) is 37.1 Å². The third-order valence-electron chi connectivity index (χ3n) is 4.08. The molecule has 3 rings (SSSR count). The van der Waals surface area contributed by atoms with E-state index < -0.39 is 0 Å². The van der Waals surface area contributed by atoms with Crippen LogP contribution in [0, 0.1) is 17.8 Å². The molecular formula is C10H17NO2. The van der Waals surface area contributed by atoms with Gasteiger partial charge < -0.3 is 15.2 Å². The summed E-state index contributed by atoms with van der Waals surface area (Å²) in [4.78, 5) is 0. The fourth-order valence-electron chi connectivity index (χ4n) is 3.67. The highest BCUT2D eigenvalue weighted by atomic mass is 16.5. The van der Waals surface area contributed by atoms with Crippen LogP contribution in [0.1, 0.15) is 12.8 Å². The van der Waals surface area contributed by atoms with Gasteiger partial charge in [-0.3, -0.25) is 0 Å². The second-order valence-electron chi connectivity index (χ2n) is 4.65. The molecule has 3 fully saturated rings. The minimum atomic E-state index is 0.157. The van der Waals surface area contributed by atoms with E-state index in [-0.39, 0.29) is 6.61 Å². The Balaban J connectivity index is 1.70. The van der Waals surface area contributed by atoms with Crippen molar-refractivity contribution in [1.82, 2.24) is 5.32 Å². The van der Waals surface area contributed by atoms with Crippen molar-refractivity contribution in [1.29, 1.82) is 0 Å². The zero-order chi connectivity index (χ0) is 8.84. The number of rotatable bonds is 3. The van der Waals surface area contributed by atoms with Crippen LogP contribution in [0.15, 0.2) is 0 Å². The Morgan fingerprint density at radius 2 is 2.23 bits per heavy atom. The summed E-state index contributed by atoms with van der Waals surface area (Å²) in [5, 5.41) is 12.3. The van der Waals surface area contributed by atoms with Gasteiger partial charge in [0.15, 0.2) is 0 Å². The molecule has 2 bridgehead atoms. The van der Waals surface area contributed by atoms with Crippen LogP contribution in [0.3, 0.4) is 0 Å². The van der Waals surface area contributed by atoms with Crippen molar-refractivity contribution in [2.24, 2.45) is 17.8 Å². The molecule has 1 aliphatic heterocycles. The lowest BCUT2D eigenvalue weighted by atomic mass is 9.88. The molecule has 3 aliphatic rings. The van der Waals surface area contributed by atoms with Gasteiger partial charge in [-0.15, -0.1) is 0 Å². The zero-order valence-corrected chi connectivity index (χ0v) is 7.78. The largest absolute Gasteiger partial charge is 0.394 e. The highest BCUT2D eigenvalue weighted by Crippen LogP contribution is 2.52. The summed E-state index contributed by atoms with van der Waals surface area (Å²) in [7, 11) is 0. The molecule has 2 aliphatic carbocycles. The van der Waals surface area contributed by atoms with E-state index in [2.05, 4.69) is 5.32 Å². The average molecular weight is 183 g/mol. The van der Waals surface area contributed by atoms with E-state index in [1.54, 1.807) is 0 Å². The van der Waals surface area contributed by atoms with Crippen molar-refractivity contribution >= 4 is 0 Å². The first-order valence-electron chi connectivity index (χ1n) is 5.36. The van der Waals surface area contributed by atoms with Gasteiger partial charge in [0, 0.05) is 6.04 Å². The normalized spacial score (nSPS) is 51.9. The number of hydrogen-bond donors (Lipinski definition) is 2. The Bertz CT molecular complexity index is 207. The van der Waals surface area contributed by atoms with E-state index >= 15 is 0 Å². The molecule has 2 N–H and O–H groups in total. The average Bonchev–Trinajstić information content (AvgIpc) is 2.70. The van der Waals surface area contributed by atoms with Gasteiger partial charge in [-0.2, -0.15) is 0 Å². The maximum Gasteiger partial charge on any atom is 0.0760 e. The monoisotopic (exact) mass is 183 g/mol. The van der Waals surface area contributed by atoms with Crippen LogP contribution in [0.2, 0.25) is 0 Å². The van der Waals surface area contributed by atoms with Crippen LogP contribution in [0.25, 0.3) is 0 Å². The topological polar surface area (TPSA) is 41.5 Å². The van der Waals surface area contributed by atoms with Crippen LogP contribution >= 0.6 is 0 Å². The van der Waals surface area contributed by atoms with Crippen LogP contribution in [0.5, 0.6) is 0 Å². The summed E-state index contributed by atoms with van der Waals surface area (Å²) in [5.41, 5.74) is 0. The maximum atomic E-state index is 8.72. The summed E-state index contributed by atoms with van der Waals surface area (Å²) in [5.74, 6) is 2.60. The molecule has 0 aromatic carbocycles. The van der Waals surface area contributed by atoms with Crippen molar-refractivity contribution < 1.29 is 9.84 Å². The summed E-state index contributed by atoms with van der Waals surface area (Å²) >= 11 is 0. The highest BCUT2D eigenvalue weighted by Gasteiger charge is 2.56. The lowest BCUT2D eigenvalue weighted by Gasteiger charge is -2.27. The number of nitrogens with one attached hydrogen (secondary N) is 1. The minimum absolute atomic E-state index is 0.157. The molecule has 0 aromatic heterocycles. The Morgan fingerprint density at radius 1 is 1.31 bits per heavy atom. The van der Waals surface area contributed by atoms with E-state index in [0.29, 0.717) is 18.8 Å². The summed E-state index contributed by atoms with van der Waals surface area (Å²) in [6.07, 6.45) is 3.11. The minimum Gasteiger partial charge on any atom is -0.394 e. The summed E-state index contributed by atoms with van der Waals surface area (Å²) in [6, 6.07) is 0.607. The van der Waals surface area contributed by atoms with Crippen LogP contribution in [-0.4, -0.2) is 37.0 Å². The molecule has 1 saturated heterocycles. The van der Waals surface area contributed by atoms with Crippen molar-refractivity contribution in [2.45, 2.75) is 25.0 Å². The third-order valence-corrected chi connectivity index (χ3v) is 4.08. The molecule has 5 unspecified atom stereocenters. The van der Waals surface area contributed by atoms with Crippen molar-refractivity contribution in [3.05, 3.63) is 0 Å². The van der Waals surface area contributed by atoms with Gasteiger partial charge in [0.1, 0.15) is 0 Å². The van der Waals surface area contributed by atoms with Crippen LogP contribution in [-0.2, 0) is 4.74 Å². The predicted molar refractivity (Wildman–Crippen MR) is 48.3 cm³/mol. The van der Waals surface area contributed by atoms with Gasteiger partial charge in [0.05, 0.1) is 19.3 Å². The molecule has 0 amide bonds. The fraction of sp³-hybridized carbons (Fsp3) is 1.00. The number of hydrogen-bond acceptors (Lipinski definition) is 3. The van der Waals surface area contributed by atoms with Gasteiger partial charge >= 0.3 is 0 Å². The molecule has 5 atom stereocenters. The maximum absolute atomic E-state index is 8.72. The standard InChI is InChI=1S/C10H17NO2/c12-1-2-13-10-6-3-7-5-11-9(10)8(7)4-6/h6-12H,1-5H2. The Hall–Kier alpha value is -0.120. The predicted octanol–water partition coefficient (Wildman–Crippen LogP) is -0.00830. The summed E-state index contributed by atoms with van der Waals surface area (Å²) < 4.78 is 5.70. The molecule has 0 radical (unpaired) electrons. The van der Waals surface area contributed by atoms with E-state index in [0.717, 1.165) is 17.8 Å². The number of fused-ring (bicyclic) bond motifs is 1. The van der Waals surface area contributed by atoms with Crippen molar-refractivity contribution in [3.63, 3.8) is 0 Å². The quantitative estimate of drug-likeness (QED) is 0.646. The molecule has 2 saturated carbocycles. The van der Waals surface area contributed by atoms with E-state index in [9.17, 15) is 0 Å². The molecule has 3 heteroatoms. The smallest absolute Gasteiger partial charge is 0.0760 e. The molecule has 0 spiro atoms. The van der Waals surface area contributed by atoms with Gasteiger partial charge in [0.2, 0.25) is 0 Å². The second-order valence-corrected chi connectivity index (χ2v) is 4.65. The fourth-order valence-corrected chi connectivity index (χ4v) is 3.67. The molecule has 13 heavy (non-hydrogen) atoms. The highest BCUT2D eigenvalue weighted by molar-refractivity contribution is 5.10. The first kappa shape index (κ1) is 8.21. The van der Waals surface area contributed by atoms with Crippen molar-refractivity contribution in [2.75, 3.05) is 19.8 Å². The Kier molecular flexibility index (Phi) is 1.86. The molecule has 1 heterocycles. The first-order chi connectivity index (χ1) is 6.40. The second kappa shape index (κ2) is 2.94. The molecule has 74 valence electrons. The SMILES string of the molecule is OCCOC1C2CC3CNC1C3C2. The molecular weight excluding hydrogens is 166 g/mol. The van der Waals surface area contributed by atoms with Crippen molar-refractivity contribution in [3.8, 4) is 0 Å². The zero-order valence-electron chi connectivity index (χ0n) is 7.78. The Labute approximate surface area is 78.5 Å². The van der Waals surface area contributed by atoms with Gasteiger partial charge in [-0.1, -0.05) is 0 Å². The lowest BCUT2D eigenvalue weighted by Crippen LogP contribution is -2.40.